The van der Waals surface area contributed by atoms with E-state index in [0.717, 1.165) is 27.8 Å². The highest BCUT2D eigenvalue weighted by atomic mass is 79.9. The van der Waals surface area contributed by atoms with E-state index >= 15 is 0 Å². The molecule has 1 unspecified atom stereocenters. The fourth-order valence-corrected chi connectivity index (χ4v) is 3.53. The summed E-state index contributed by atoms with van der Waals surface area (Å²) in [5.41, 5.74) is 3.02. The molecular weight excluding hydrogens is 357 g/mol. The quantitative estimate of drug-likeness (QED) is 0.860. The number of rotatable bonds is 3. The molecule has 5 heteroatoms. The maximum absolute atomic E-state index is 13.3. The maximum Gasteiger partial charge on any atom is 0.127 e. The summed E-state index contributed by atoms with van der Waals surface area (Å²) in [6.07, 6.45) is 0.898. The van der Waals surface area contributed by atoms with Crippen LogP contribution in [0.25, 0.3) is 0 Å². The predicted molar refractivity (Wildman–Crippen MR) is 85.7 cm³/mol. The summed E-state index contributed by atoms with van der Waals surface area (Å²) in [5, 5.41) is 3.65. The largest absolute Gasteiger partial charge is 0.493 e. The first kappa shape index (κ1) is 14.8. The standard InChI is InChI=1S/C16H14BrClFNO/c1-20-15(12-3-2-11(19)8-14(12)18)13-7-10(17)6-9-4-5-21-16(9)13/h2-3,6-8,15,20H,4-5H2,1H3. The Labute approximate surface area is 136 Å². The number of benzene rings is 2. The molecule has 0 saturated heterocycles. The SMILES string of the molecule is CNC(c1ccc(F)cc1Cl)c1cc(Br)cc2c1OCC2. The maximum atomic E-state index is 13.3. The number of hydrogen-bond donors (Lipinski definition) is 1. The predicted octanol–water partition coefficient (Wildman–Crippen LogP) is 4.49. The zero-order valence-electron chi connectivity index (χ0n) is 11.4. The van der Waals surface area contributed by atoms with Crippen LogP contribution in [0.1, 0.15) is 22.7 Å². The molecule has 0 radical (unpaired) electrons. The van der Waals surface area contributed by atoms with Crippen molar-refractivity contribution in [1.29, 1.82) is 0 Å². The Morgan fingerprint density at radius 3 is 2.81 bits per heavy atom. The molecule has 0 aliphatic carbocycles. The Bertz CT molecular complexity index is 692. The van der Waals surface area contributed by atoms with Crippen LogP contribution in [0, 0.1) is 5.82 Å². The molecule has 2 aromatic carbocycles. The van der Waals surface area contributed by atoms with Crippen LogP contribution in [0.15, 0.2) is 34.8 Å². The van der Waals surface area contributed by atoms with Crippen molar-refractivity contribution >= 4 is 27.5 Å². The molecule has 0 bridgehead atoms. The molecule has 1 aliphatic rings. The summed E-state index contributed by atoms with van der Waals surface area (Å²) < 4.78 is 20.0. The number of fused-ring (bicyclic) bond motifs is 1. The van der Waals surface area contributed by atoms with Gasteiger partial charge in [0, 0.05) is 21.5 Å². The third-order valence-electron chi connectivity index (χ3n) is 3.65. The van der Waals surface area contributed by atoms with Gasteiger partial charge in [0.25, 0.3) is 0 Å². The van der Waals surface area contributed by atoms with Crippen LogP contribution in [-0.4, -0.2) is 13.7 Å². The lowest BCUT2D eigenvalue weighted by Gasteiger charge is -2.21. The first-order valence-electron chi connectivity index (χ1n) is 6.67. The minimum atomic E-state index is -0.339. The van der Waals surface area contributed by atoms with E-state index in [1.54, 1.807) is 6.07 Å². The second-order valence-electron chi connectivity index (χ2n) is 4.97. The molecule has 0 saturated carbocycles. The zero-order valence-corrected chi connectivity index (χ0v) is 13.8. The number of nitrogens with one attached hydrogen (secondary N) is 1. The number of ether oxygens (including phenoxy) is 1. The van der Waals surface area contributed by atoms with Gasteiger partial charge in [0.1, 0.15) is 11.6 Å². The molecule has 0 fully saturated rings. The summed E-state index contributed by atoms with van der Waals surface area (Å²) in [7, 11) is 1.85. The lowest BCUT2D eigenvalue weighted by molar-refractivity contribution is 0.351. The second kappa shape index (κ2) is 5.95. The van der Waals surface area contributed by atoms with Crippen molar-refractivity contribution in [3.63, 3.8) is 0 Å². The van der Waals surface area contributed by atoms with Crippen LogP contribution in [0.5, 0.6) is 5.75 Å². The van der Waals surface area contributed by atoms with E-state index in [9.17, 15) is 4.39 Å². The Balaban J connectivity index is 2.13. The Kier molecular flexibility index (Phi) is 4.20. The fraction of sp³-hybridized carbons (Fsp3) is 0.250. The fourth-order valence-electron chi connectivity index (χ4n) is 2.73. The van der Waals surface area contributed by atoms with Crippen molar-refractivity contribution < 1.29 is 9.13 Å². The lowest BCUT2D eigenvalue weighted by atomic mass is 9.96. The first-order valence-corrected chi connectivity index (χ1v) is 7.84. The summed E-state index contributed by atoms with van der Waals surface area (Å²) in [5.74, 6) is 0.562. The molecule has 1 aliphatic heterocycles. The van der Waals surface area contributed by atoms with E-state index in [0.29, 0.717) is 11.6 Å². The van der Waals surface area contributed by atoms with Gasteiger partial charge >= 0.3 is 0 Å². The van der Waals surface area contributed by atoms with Crippen molar-refractivity contribution in [2.45, 2.75) is 12.5 Å². The van der Waals surface area contributed by atoms with Gasteiger partial charge in [0.05, 0.1) is 12.6 Å². The average molecular weight is 371 g/mol. The van der Waals surface area contributed by atoms with Gasteiger partial charge < -0.3 is 10.1 Å². The van der Waals surface area contributed by atoms with Crippen molar-refractivity contribution in [2.75, 3.05) is 13.7 Å². The molecule has 21 heavy (non-hydrogen) atoms. The van der Waals surface area contributed by atoms with E-state index in [4.69, 9.17) is 16.3 Å². The first-order chi connectivity index (χ1) is 10.1. The van der Waals surface area contributed by atoms with Crippen molar-refractivity contribution in [1.82, 2.24) is 5.32 Å². The Morgan fingerprint density at radius 1 is 1.29 bits per heavy atom. The average Bonchev–Trinajstić information content (AvgIpc) is 2.89. The summed E-state index contributed by atoms with van der Waals surface area (Å²) in [6.45, 7) is 0.687. The van der Waals surface area contributed by atoms with Gasteiger partial charge in [0.15, 0.2) is 0 Å². The third kappa shape index (κ3) is 2.80. The van der Waals surface area contributed by atoms with E-state index in [-0.39, 0.29) is 11.9 Å². The molecule has 3 rings (SSSR count). The van der Waals surface area contributed by atoms with Crippen LogP contribution >= 0.6 is 27.5 Å². The van der Waals surface area contributed by atoms with E-state index in [2.05, 4.69) is 27.3 Å². The van der Waals surface area contributed by atoms with E-state index in [1.807, 2.05) is 13.1 Å². The van der Waals surface area contributed by atoms with Gasteiger partial charge in [-0.15, -0.1) is 0 Å². The van der Waals surface area contributed by atoms with Crippen molar-refractivity contribution in [3.05, 3.63) is 62.3 Å². The van der Waals surface area contributed by atoms with Crippen LogP contribution in [0.3, 0.4) is 0 Å². The van der Waals surface area contributed by atoms with E-state index < -0.39 is 0 Å². The molecule has 2 aromatic rings. The smallest absolute Gasteiger partial charge is 0.127 e. The summed E-state index contributed by atoms with van der Waals surface area (Å²) in [6, 6.07) is 8.41. The molecule has 2 nitrogen and oxygen atoms in total. The monoisotopic (exact) mass is 369 g/mol. The molecule has 1 N–H and O–H groups in total. The Hall–Kier alpha value is -1.10. The van der Waals surface area contributed by atoms with Crippen molar-refractivity contribution in [3.8, 4) is 5.75 Å². The minimum Gasteiger partial charge on any atom is -0.493 e. The normalized spacial score (nSPS) is 14.7. The summed E-state index contributed by atoms with van der Waals surface area (Å²) in [4.78, 5) is 0. The third-order valence-corrected chi connectivity index (χ3v) is 4.44. The highest BCUT2D eigenvalue weighted by molar-refractivity contribution is 9.10. The van der Waals surface area contributed by atoms with Gasteiger partial charge in [-0.05, 0) is 42.4 Å². The second-order valence-corrected chi connectivity index (χ2v) is 6.29. The van der Waals surface area contributed by atoms with Crippen LogP contribution in [0.2, 0.25) is 5.02 Å². The molecule has 1 atom stereocenters. The Morgan fingerprint density at radius 2 is 2.10 bits per heavy atom. The molecule has 0 spiro atoms. The molecule has 0 amide bonds. The zero-order chi connectivity index (χ0) is 15.0. The molecule has 0 aromatic heterocycles. The van der Waals surface area contributed by atoms with Gasteiger partial charge in [-0.2, -0.15) is 0 Å². The van der Waals surface area contributed by atoms with Crippen molar-refractivity contribution in [2.24, 2.45) is 0 Å². The van der Waals surface area contributed by atoms with E-state index in [1.165, 1.54) is 17.7 Å². The summed E-state index contributed by atoms with van der Waals surface area (Å²) >= 11 is 9.75. The highest BCUT2D eigenvalue weighted by Crippen LogP contribution is 2.40. The number of hydrogen-bond acceptors (Lipinski definition) is 2. The molecule has 110 valence electrons. The van der Waals surface area contributed by atoms with Gasteiger partial charge in [0.2, 0.25) is 0 Å². The highest BCUT2D eigenvalue weighted by Gasteiger charge is 2.25. The number of halogens is 3. The minimum absolute atomic E-state index is 0.151. The molecule has 1 heterocycles. The van der Waals surface area contributed by atoms with Gasteiger partial charge in [-0.1, -0.05) is 33.6 Å². The van der Waals surface area contributed by atoms with Gasteiger partial charge in [-0.3, -0.25) is 0 Å². The lowest BCUT2D eigenvalue weighted by Crippen LogP contribution is -2.19. The molecular formula is C16H14BrClFNO. The van der Waals surface area contributed by atoms with Gasteiger partial charge in [-0.25, -0.2) is 4.39 Å². The van der Waals surface area contributed by atoms with Crippen LogP contribution in [0.4, 0.5) is 4.39 Å². The topological polar surface area (TPSA) is 21.3 Å². The van der Waals surface area contributed by atoms with Crippen LogP contribution < -0.4 is 10.1 Å². The van der Waals surface area contributed by atoms with Crippen LogP contribution in [-0.2, 0) is 6.42 Å².